The van der Waals surface area contributed by atoms with E-state index in [-0.39, 0.29) is 6.42 Å². The minimum atomic E-state index is -5.48. The van der Waals surface area contributed by atoms with Crippen molar-refractivity contribution in [2.75, 3.05) is 6.61 Å². The Morgan fingerprint density at radius 2 is 1.97 bits per heavy atom. The summed E-state index contributed by atoms with van der Waals surface area (Å²) in [4.78, 5) is 60.9. The van der Waals surface area contributed by atoms with Gasteiger partial charge >= 0.3 is 28.1 Å². The van der Waals surface area contributed by atoms with Gasteiger partial charge in [0, 0.05) is 18.7 Å². The molecule has 0 bridgehead atoms. The lowest BCUT2D eigenvalue weighted by Crippen LogP contribution is -2.38. The average molecular weight is 500 g/mol. The van der Waals surface area contributed by atoms with Gasteiger partial charge in [-0.3, -0.25) is 14.3 Å². The number of phosphoric acid groups is 2. The number of ether oxygens (including phenoxy) is 1. The molecular formula is C10H16FN2O12P3S. The molecule has 1 aliphatic rings. The molecule has 19 heteroatoms. The highest BCUT2D eigenvalue weighted by Crippen LogP contribution is 2.66. The van der Waals surface area contributed by atoms with E-state index >= 15 is 0 Å². The summed E-state index contributed by atoms with van der Waals surface area (Å²) in [7, 11) is -10.9. The maximum atomic E-state index is 14.8. The Morgan fingerprint density at radius 3 is 2.52 bits per heavy atom. The minimum absolute atomic E-state index is 0.367. The predicted molar refractivity (Wildman–Crippen MR) is 95.9 cm³/mol. The fourth-order valence-electron chi connectivity index (χ4n) is 2.46. The molecule has 1 saturated heterocycles. The van der Waals surface area contributed by atoms with E-state index in [2.05, 4.69) is 20.4 Å². The standard InChI is InChI=1S/C10H16FN2O12P3S/c1-10(11)4-6(23-8(10)13-3-2-7(14)12-9(13)15)5-22-28(21,29)25-27(19,20)24-26(16,17)18/h2-3,6,8H,4-5H2,1H3,(H,19,20)(H,21,29)(H,12,14,15)(H2,16,17,18)/t6-,8+,10+,28?/m0/s1. The van der Waals surface area contributed by atoms with Crippen LogP contribution in [0.5, 0.6) is 0 Å². The molecule has 2 unspecified atom stereocenters. The van der Waals surface area contributed by atoms with Crippen LogP contribution in [0.25, 0.3) is 0 Å². The number of nitrogens with one attached hydrogen (secondary N) is 1. The van der Waals surface area contributed by atoms with Gasteiger partial charge in [0.15, 0.2) is 11.9 Å². The Labute approximate surface area is 166 Å². The monoisotopic (exact) mass is 500 g/mol. The summed E-state index contributed by atoms with van der Waals surface area (Å²) < 4.78 is 55.3. The Morgan fingerprint density at radius 1 is 1.34 bits per heavy atom. The molecule has 14 nitrogen and oxygen atoms in total. The van der Waals surface area contributed by atoms with Crippen LogP contribution >= 0.6 is 22.4 Å². The zero-order chi connectivity index (χ0) is 22.3. The third-order valence-electron chi connectivity index (χ3n) is 3.41. The van der Waals surface area contributed by atoms with Gasteiger partial charge in [0.05, 0.1) is 12.7 Å². The van der Waals surface area contributed by atoms with Gasteiger partial charge in [-0.15, -0.1) is 0 Å². The van der Waals surface area contributed by atoms with Crippen LogP contribution in [0.3, 0.4) is 0 Å². The van der Waals surface area contributed by atoms with E-state index in [1.165, 1.54) is 0 Å². The van der Waals surface area contributed by atoms with E-state index < -0.39 is 58.2 Å². The second-order valence-corrected chi connectivity index (χ2v) is 11.8. The van der Waals surface area contributed by atoms with Crippen LogP contribution in [-0.2, 0) is 38.8 Å². The van der Waals surface area contributed by atoms with Gasteiger partial charge in [0.25, 0.3) is 5.56 Å². The summed E-state index contributed by atoms with van der Waals surface area (Å²) in [6, 6.07) is 0.978. The van der Waals surface area contributed by atoms with Crippen molar-refractivity contribution >= 4 is 34.2 Å². The highest BCUT2D eigenvalue weighted by atomic mass is 32.5. The fraction of sp³-hybridized carbons (Fsp3) is 0.600. The first-order chi connectivity index (χ1) is 13.0. The maximum Gasteiger partial charge on any atom is 0.488 e. The van der Waals surface area contributed by atoms with Crippen molar-refractivity contribution in [3.05, 3.63) is 33.1 Å². The van der Waals surface area contributed by atoms with Crippen LogP contribution in [0.2, 0.25) is 0 Å². The predicted octanol–water partition coefficient (Wildman–Crippen LogP) is 0.0120. The maximum absolute atomic E-state index is 14.8. The third-order valence-corrected chi connectivity index (χ3v) is 8.13. The quantitative estimate of drug-likeness (QED) is 0.299. The molecule has 1 fully saturated rings. The summed E-state index contributed by atoms with van der Waals surface area (Å²) in [5.41, 5.74) is -3.75. The molecule has 2 heterocycles. The van der Waals surface area contributed by atoms with Gasteiger partial charge < -0.3 is 28.8 Å². The van der Waals surface area contributed by atoms with Gasteiger partial charge in [-0.1, -0.05) is 0 Å². The second kappa shape index (κ2) is 8.50. The van der Waals surface area contributed by atoms with E-state index in [1.54, 1.807) is 0 Å². The molecule has 0 spiro atoms. The van der Waals surface area contributed by atoms with Crippen molar-refractivity contribution in [1.82, 2.24) is 9.55 Å². The lowest BCUT2D eigenvalue weighted by atomic mass is 10.0. The van der Waals surface area contributed by atoms with Gasteiger partial charge in [-0.2, -0.15) is 4.31 Å². The number of nitrogens with zero attached hydrogens (tertiary/aromatic N) is 1. The molecule has 1 aliphatic heterocycles. The average Bonchev–Trinajstić information content (AvgIpc) is 2.76. The molecule has 29 heavy (non-hydrogen) atoms. The molecule has 0 aliphatic carbocycles. The Hall–Kier alpha value is -0.600. The fourth-order valence-corrected chi connectivity index (χ4v) is 6.45. The largest absolute Gasteiger partial charge is 0.488 e. The molecule has 0 saturated carbocycles. The Bertz CT molecular complexity index is 1020. The van der Waals surface area contributed by atoms with Crippen molar-refractivity contribution < 1.29 is 51.0 Å². The van der Waals surface area contributed by atoms with Gasteiger partial charge in [0.2, 0.25) is 0 Å². The third kappa shape index (κ3) is 7.24. The Balaban J connectivity index is 2.05. The van der Waals surface area contributed by atoms with Crippen LogP contribution in [0.4, 0.5) is 4.39 Å². The molecule has 166 valence electrons. The molecule has 0 amide bonds. The SMILES string of the molecule is C[C@@]1(F)C[C@@H](COP(O)(=S)OP(=O)(O)OP(=O)(O)O)O[C@H]1n1ccc(=O)[nH]c1=O. The normalized spacial score (nSPS) is 29.3. The Kier molecular flexibility index (Phi) is 7.23. The lowest BCUT2D eigenvalue weighted by molar-refractivity contribution is -0.0593. The summed E-state index contributed by atoms with van der Waals surface area (Å²) in [5, 5.41) is 0. The van der Waals surface area contributed by atoms with Crippen molar-refractivity contribution in [2.24, 2.45) is 0 Å². The van der Waals surface area contributed by atoms with Crippen molar-refractivity contribution in [3.8, 4) is 0 Å². The molecular weight excluding hydrogens is 484 g/mol. The van der Waals surface area contributed by atoms with Gasteiger partial charge in [-0.05, 0) is 18.7 Å². The van der Waals surface area contributed by atoms with E-state index in [0.29, 0.717) is 0 Å². The number of aromatic amines is 1. The number of halogens is 1. The lowest BCUT2D eigenvalue weighted by Gasteiger charge is -2.22. The van der Waals surface area contributed by atoms with E-state index in [4.69, 9.17) is 19.0 Å². The molecule has 5 N–H and O–H groups in total. The van der Waals surface area contributed by atoms with Crippen molar-refractivity contribution in [3.63, 3.8) is 0 Å². The summed E-state index contributed by atoms with van der Waals surface area (Å²) in [6.07, 6.45) is -1.94. The highest BCUT2D eigenvalue weighted by molar-refractivity contribution is 8.08. The van der Waals surface area contributed by atoms with Crippen molar-refractivity contribution in [1.29, 1.82) is 0 Å². The van der Waals surface area contributed by atoms with Gasteiger partial charge in [-0.25, -0.2) is 22.6 Å². The first-order valence-electron chi connectivity index (χ1n) is 7.44. The minimum Gasteiger partial charge on any atom is -0.349 e. The van der Waals surface area contributed by atoms with Crippen LogP contribution in [-0.4, -0.2) is 47.5 Å². The number of rotatable bonds is 8. The number of alkyl halides is 1. The first-order valence-corrected chi connectivity index (χ1v) is 13.1. The van der Waals surface area contributed by atoms with E-state index in [9.17, 15) is 32.9 Å². The number of hydrogen-bond acceptors (Lipinski definition) is 9. The molecule has 1 aromatic heterocycles. The van der Waals surface area contributed by atoms with Gasteiger partial charge in [0.1, 0.15) is 0 Å². The van der Waals surface area contributed by atoms with E-state index in [0.717, 1.165) is 23.8 Å². The zero-order valence-electron chi connectivity index (χ0n) is 14.4. The van der Waals surface area contributed by atoms with Crippen LogP contribution < -0.4 is 11.2 Å². The van der Waals surface area contributed by atoms with Crippen LogP contribution in [0, 0.1) is 0 Å². The molecule has 1 aromatic rings. The molecule has 0 radical (unpaired) electrons. The number of H-pyrrole nitrogens is 1. The first kappa shape index (κ1) is 24.7. The van der Waals surface area contributed by atoms with Crippen molar-refractivity contribution in [2.45, 2.75) is 31.3 Å². The number of aromatic nitrogens is 2. The number of hydrogen-bond donors (Lipinski definition) is 5. The van der Waals surface area contributed by atoms with Crippen LogP contribution in [0.15, 0.2) is 21.9 Å². The summed E-state index contributed by atoms with van der Waals surface area (Å²) >= 11 is 4.44. The topological polar surface area (TPSA) is 207 Å². The summed E-state index contributed by atoms with van der Waals surface area (Å²) in [6.45, 7) is -4.13. The second-order valence-electron chi connectivity index (χ2n) is 6.00. The molecule has 0 aromatic carbocycles. The van der Waals surface area contributed by atoms with Crippen LogP contribution in [0.1, 0.15) is 19.6 Å². The highest BCUT2D eigenvalue weighted by Gasteiger charge is 2.48. The molecule has 2 rings (SSSR count). The van der Waals surface area contributed by atoms with E-state index in [1.807, 2.05) is 4.98 Å². The molecule has 5 atom stereocenters. The summed E-state index contributed by atoms with van der Waals surface area (Å²) in [5.74, 6) is 0. The zero-order valence-corrected chi connectivity index (χ0v) is 17.9. The smallest absolute Gasteiger partial charge is 0.349 e.